The maximum atomic E-state index is 12.1. The molecule has 146 valence electrons. The molecule has 0 aliphatic rings. The van der Waals surface area contributed by atoms with E-state index in [1.807, 2.05) is 43.5 Å². The highest BCUT2D eigenvalue weighted by molar-refractivity contribution is 5.93. The van der Waals surface area contributed by atoms with Crippen LogP contribution in [0.3, 0.4) is 0 Å². The summed E-state index contributed by atoms with van der Waals surface area (Å²) in [7, 11) is 0. The first-order valence-corrected chi connectivity index (χ1v) is 9.13. The number of aryl methyl sites for hydroxylation is 1. The number of pyridine rings is 1. The molecule has 9 heteroatoms. The minimum Gasteiger partial charge on any atom is -0.364 e. The van der Waals surface area contributed by atoms with Crippen molar-refractivity contribution in [2.24, 2.45) is 5.73 Å². The second-order valence-electron chi connectivity index (χ2n) is 6.86. The number of rotatable bonds is 5. The van der Waals surface area contributed by atoms with Crippen molar-refractivity contribution in [1.82, 2.24) is 34.3 Å². The third kappa shape index (κ3) is 3.38. The van der Waals surface area contributed by atoms with Crippen molar-refractivity contribution in [2.75, 3.05) is 0 Å². The van der Waals surface area contributed by atoms with Crippen molar-refractivity contribution in [2.45, 2.75) is 26.8 Å². The fourth-order valence-corrected chi connectivity index (χ4v) is 3.10. The van der Waals surface area contributed by atoms with Crippen LogP contribution in [0, 0.1) is 6.92 Å². The third-order valence-corrected chi connectivity index (χ3v) is 4.53. The number of carbonyl (C=O) groups excluding carboxylic acids is 1. The molecule has 2 N–H and O–H groups in total. The molecule has 1 amide bonds. The van der Waals surface area contributed by atoms with Crippen LogP contribution in [0.4, 0.5) is 0 Å². The Morgan fingerprint density at radius 2 is 1.86 bits per heavy atom. The molecule has 0 radical (unpaired) electrons. The summed E-state index contributed by atoms with van der Waals surface area (Å²) in [5.74, 6) is 1.29. The Balaban J connectivity index is 1.89. The molecule has 0 saturated heterocycles. The van der Waals surface area contributed by atoms with Crippen LogP contribution in [0.1, 0.15) is 36.2 Å². The van der Waals surface area contributed by atoms with Crippen LogP contribution in [-0.2, 0) is 0 Å². The van der Waals surface area contributed by atoms with Crippen molar-refractivity contribution in [1.29, 1.82) is 0 Å². The number of nitrogens with zero attached hydrogens (tertiary/aromatic N) is 7. The Labute approximate surface area is 167 Å². The van der Waals surface area contributed by atoms with Crippen LogP contribution in [0.15, 0.2) is 49.1 Å². The molecule has 0 spiro atoms. The number of hydrogen-bond acceptors (Lipinski definition) is 6. The van der Waals surface area contributed by atoms with Crippen molar-refractivity contribution in [3.05, 3.63) is 60.6 Å². The molecule has 0 atom stereocenters. The van der Waals surface area contributed by atoms with Gasteiger partial charge in [-0.05, 0) is 45.0 Å². The van der Waals surface area contributed by atoms with Gasteiger partial charge in [-0.2, -0.15) is 0 Å². The number of amides is 1. The van der Waals surface area contributed by atoms with Gasteiger partial charge in [0.2, 0.25) is 0 Å². The molecule has 0 fully saturated rings. The Morgan fingerprint density at radius 1 is 1.10 bits per heavy atom. The van der Waals surface area contributed by atoms with Crippen molar-refractivity contribution >= 4 is 5.91 Å². The summed E-state index contributed by atoms with van der Waals surface area (Å²) in [4.78, 5) is 25.3. The second-order valence-corrected chi connectivity index (χ2v) is 6.86. The molecule has 4 aromatic heterocycles. The SMILES string of the molecule is Cc1ncc(-c2ccc(C(N)=O)n2-c2cccc(-c3nncn3C(C)C)n2)cn1. The lowest BCUT2D eigenvalue weighted by Gasteiger charge is -2.13. The standard InChI is InChI=1S/C20H20N8O/c1-12(2)27-11-24-26-20(27)15-5-4-6-18(25-15)28-16(7-8-17(28)19(21)29)14-9-22-13(3)23-10-14/h4-12H,1-3H3,(H2,21,29). The van der Waals surface area contributed by atoms with Gasteiger partial charge in [-0.1, -0.05) is 6.07 Å². The lowest BCUT2D eigenvalue weighted by atomic mass is 10.2. The van der Waals surface area contributed by atoms with Gasteiger partial charge < -0.3 is 10.3 Å². The lowest BCUT2D eigenvalue weighted by molar-refractivity contribution is 0.0994. The Bertz CT molecular complexity index is 1170. The van der Waals surface area contributed by atoms with E-state index in [1.165, 1.54) is 0 Å². The van der Waals surface area contributed by atoms with Gasteiger partial charge in [0.1, 0.15) is 29.4 Å². The van der Waals surface area contributed by atoms with Crippen LogP contribution in [-0.4, -0.2) is 40.2 Å². The van der Waals surface area contributed by atoms with Crippen LogP contribution >= 0.6 is 0 Å². The molecular weight excluding hydrogens is 368 g/mol. The predicted octanol–water partition coefficient (Wildman–Crippen LogP) is 2.58. The number of aromatic nitrogens is 7. The molecule has 0 aliphatic carbocycles. The maximum Gasteiger partial charge on any atom is 0.265 e. The number of nitrogens with two attached hydrogens (primary N) is 1. The monoisotopic (exact) mass is 388 g/mol. The third-order valence-electron chi connectivity index (χ3n) is 4.53. The predicted molar refractivity (Wildman–Crippen MR) is 107 cm³/mol. The highest BCUT2D eigenvalue weighted by Crippen LogP contribution is 2.27. The minimum absolute atomic E-state index is 0.179. The second kappa shape index (κ2) is 7.27. The summed E-state index contributed by atoms with van der Waals surface area (Å²) < 4.78 is 3.64. The van der Waals surface area contributed by atoms with E-state index in [0.29, 0.717) is 34.5 Å². The van der Waals surface area contributed by atoms with Gasteiger partial charge in [0.05, 0.1) is 5.69 Å². The maximum absolute atomic E-state index is 12.1. The molecule has 0 saturated carbocycles. The van der Waals surface area contributed by atoms with Gasteiger partial charge >= 0.3 is 0 Å². The summed E-state index contributed by atoms with van der Waals surface area (Å²) in [6.45, 7) is 5.90. The molecule has 9 nitrogen and oxygen atoms in total. The zero-order chi connectivity index (χ0) is 20.5. The first-order chi connectivity index (χ1) is 14.0. The quantitative estimate of drug-likeness (QED) is 0.561. The molecule has 4 aromatic rings. The van der Waals surface area contributed by atoms with Crippen molar-refractivity contribution in [3.63, 3.8) is 0 Å². The highest BCUT2D eigenvalue weighted by Gasteiger charge is 2.18. The van der Waals surface area contributed by atoms with Crippen molar-refractivity contribution in [3.8, 4) is 28.6 Å². The van der Waals surface area contributed by atoms with E-state index < -0.39 is 5.91 Å². The molecule has 4 heterocycles. The summed E-state index contributed by atoms with van der Waals surface area (Å²) in [6.07, 6.45) is 5.09. The Hall–Kier alpha value is -3.88. The van der Waals surface area contributed by atoms with Crippen LogP contribution < -0.4 is 5.73 Å². The zero-order valence-electron chi connectivity index (χ0n) is 16.3. The van der Waals surface area contributed by atoms with Gasteiger partial charge in [0, 0.05) is 24.0 Å². The minimum atomic E-state index is -0.554. The molecular formula is C20H20N8O. The van der Waals surface area contributed by atoms with Gasteiger partial charge in [0.25, 0.3) is 5.91 Å². The summed E-state index contributed by atoms with van der Waals surface area (Å²) >= 11 is 0. The summed E-state index contributed by atoms with van der Waals surface area (Å²) in [6, 6.07) is 9.18. The Morgan fingerprint density at radius 3 is 2.55 bits per heavy atom. The van der Waals surface area contributed by atoms with Crippen LogP contribution in [0.5, 0.6) is 0 Å². The molecule has 0 unspecified atom stereocenters. The van der Waals surface area contributed by atoms with Gasteiger partial charge in [0.15, 0.2) is 5.82 Å². The molecule has 0 aromatic carbocycles. The van der Waals surface area contributed by atoms with Crippen LogP contribution in [0.25, 0.3) is 28.6 Å². The van der Waals surface area contributed by atoms with E-state index in [0.717, 1.165) is 5.56 Å². The summed E-state index contributed by atoms with van der Waals surface area (Å²) in [5.41, 5.74) is 8.04. The van der Waals surface area contributed by atoms with E-state index in [1.54, 1.807) is 35.4 Å². The molecule has 0 aliphatic heterocycles. The lowest BCUT2D eigenvalue weighted by Crippen LogP contribution is -2.17. The zero-order valence-corrected chi connectivity index (χ0v) is 16.3. The first-order valence-electron chi connectivity index (χ1n) is 9.13. The first kappa shape index (κ1) is 18.5. The van der Waals surface area contributed by atoms with Crippen LogP contribution in [0.2, 0.25) is 0 Å². The smallest absolute Gasteiger partial charge is 0.265 e. The van der Waals surface area contributed by atoms with E-state index in [4.69, 9.17) is 10.7 Å². The number of hydrogen-bond donors (Lipinski definition) is 1. The highest BCUT2D eigenvalue weighted by atomic mass is 16.1. The largest absolute Gasteiger partial charge is 0.364 e. The fraction of sp³-hybridized carbons (Fsp3) is 0.200. The normalized spacial score (nSPS) is 11.2. The molecule has 4 rings (SSSR count). The van der Waals surface area contributed by atoms with Gasteiger partial charge in [-0.15, -0.1) is 10.2 Å². The van der Waals surface area contributed by atoms with Gasteiger partial charge in [-0.3, -0.25) is 9.36 Å². The topological polar surface area (TPSA) is 117 Å². The van der Waals surface area contributed by atoms with E-state index in [2.05, 4.69) is 20.2 Å². The Kier molecular flexibility index (Phi) is 4.63. The van der Waals surface area contributed by atoms with Crippen molar-refractivity contribution < 1.29 is 4.79 Å². The summed E-state index contributed by atoms with van der Waals surface area (Å²) in [5, 5.41) is 8.21. The average Bonchev–Trinajstić information content (AvgIpc) is 3.36. The van der Waals surface area contributed by atoms with E-state index in [9.17, 15) is 4.79 Å². The molecule has 0 bridgehead atoms. The number of carbonyl (C=O) groups is 1. The molecule has 29 heavy (non-hydrogen) atoms. The van der Waals surface area contributed by atoms with E-state index >= 15 is 0 Å². The van der Waals surface area contributed by atoms with Gasteiger partial charge in [-0.25, -0.2) is 15.0 Å². The average molecular weight is 388 g/mol. The number of primary amides is 1. The fourth-order valence-electron chi connectivity index (χ4n) is 3.10. The van der Waals surface area contributed by atoms with E-state index in [-0.39, 0.29) is 6.04 Å².